The van der Waals surface area contributed by atoms with E-state index in [0.29, 0.717) is 24.1 Å². The van der Waals surface area contributed by atoms with E-state index in [2.05, 4.69) is 29.0 Å². The second kappa shape index (κ2) is 13.0. The maximum absolute atomic E-state index is 13.1. The van der Waals surface area contributed by atoms with Gasteiger partial charge in [0, 0.05) is 12.7 Å². The summed E-state index contributed by atoms with van der Waals surface area (Å²) in [4.78, 5) is 43.0. The Labute approximate surface area is 291 Å². The summed E-state index contributed by atoms with van der Waals surface area (Å²) in [5, 5.41) is 19.8. The van der Waals surface area contributed by atoms with Gasteiger partial charge in [0.2, 0.25) is 5.91 Å². The Hall–Kier alpha value is -3.54. The fourth-order valence-electron chi connectivity index (χ4n) is 6.05. The molecule has 6 rings (SSSR count). The van der Waals surface area contributed by atoms with E-state index in [1.54, 1.807) is 13.1 Å². The zero-order valence-corrected chi connectivity index (χ0v) is 27.0. The summed E-state index contributed by atoms with van der Waals surface area (Å²) in [6.45, 7) is 5.66. The van der Waals surface area contributed by atoms with E-state index in [1.165, 1.54) is 11.0 Å². The van der Waals surface area contributed by atoms with Crippen LogP contribution in [0.25, 0.3) is 27.1 Å². The van der Waals surface area contributed by atoms with Gasteiger partial charge in [0.25, 0.3) is 0 Å². The molecule has 3 aromatic carbocycles. The molecule has 9 nitrogen and oxygen atoms in total. The molecule has 0 bridgehead atoms. The van der Waals surface area contributed by atoms with E-state index in [0.717, 1.165) is 32.9 Å². The average Bonchev–Trinajstić information content (AvgIpc) is 3.34. The number of benzene rings is 3. The van der Waals surface area contributed by atoms with Crippen molar-refractivity contribution in [2.24, 2.45) is 5.92 Å². The van der Waals surface area contributed by atoms with E-state index in [9.17, 15) is 19.5 Å². The number of aromatic nitrogens is 1. The van der Waals surface area contributed by atoms with Crippen LogP contribution >= 0.6 is 0 Å². The summed E-state index contributed by atoms with van der Waals surface area (Å²) < 4.78 is 10.2. The van der Waals surface area contributed by atoms with Crippen molar-refractivity contribution >= 4 is 51.0 Å². The number of β-lactam (4-membered cyclic amide) rings is 1. The molecule has 1 amide bonds. The minimum atomic E-state index is -1.42. The number of carboxylic acids is 1. The first kappa shape index (κ1) is 30.9. The van der Waals surface area contributed by atoms with Crippen molar-refractivity contribution in [3.63, 3.8) is 0 Å². The number of aliphatic carboxylic acids is 1. The largest absolute Gasteiger partial charge is 1.00 e. The van der Waals surface area contributed by atoms with Crippen LogP contribution in [-0.4, -0.2) is 46.7 Å². The number of ether oxygens (including phenoxy) is 2. The summed E-state index contributed by atoms with van der Waals surface area (Å²) in [5.74, 6) is -1.75. The van der Waals surface area contributed by atoms with Gasteiger partial charge in [-0.1, -0.05) is 55.1 Å². The predicted molar refractivity (Wildman–Crippen MR) is 156 cm³/mol. The summed E-state index contributed by atoms with van der Waals surface area (Å²) in [7, 11) is 0. The van der Waals surface area contributed by atoms with Crippen LogP contribution in [0.3, 0.4) is 0 Å². The van der Waals surface area contributed by atoms with Crippen molar-refractivity contribution in [3.05, 3.63) is 102 Å². The van der Waals surface area contributed by atoms with Gasteiger partial charge in [0.1, 0.15) is 18.5 Å². The minimum absolute atomic E-state index is 0. The van der Waals surface area contributed by atoms with E-state index < -0.39 is 36.1 Å². The second-order valence-corrected chi connectivity index (χ2v) is 10.4. The number of fused-ring (bicyclic) bond motifs is 4. The van der Waals surface area contributed by atoms with E-state index in [-0.39, 0.29) is 63.7 Å². The Balaban J connectivity index is 0.00000368. The molecule has 0 aliphatic carbocycles. The van der Waals surface area contributed by atoms with Crippen LogP contribution in [0, 0.1) is 5.92 Å². The van der Waals surface area contributed by atoms with Gasteiger partial charge in [-0.2, -0.15) is 0 Å². The first-order valence-corrected chi connectivity index (χ1v) is 13.7. The third-order valence-corrected chi connectivity index (χ3v) is 7.93. The predicted octanol–water partition coefficient (Wildman–Crippen LogP) is 1.42. The van der Waals surface area contributed by atoms with Gasteiger partial charge in [0.05, 0.1) is 23.6 Å². The first-order chi connectivity index (χ1) is 20.4. The SMILES string of the molecule is C=CCOC(=O)O[C@H](C)[C@H]1C(=O)N2C(C(=O)[O-])=C(c3ccc4cc(CNc5ccccn5)c5ccccc5c4c3)C[C@H]12.[K+]. The Morgan fingerprint density at radius 2 is 1.88 bits per heavy atom. The molecule has 43 heavy (non-hydrogen) atoms. The molecule has 1 saturated heterocycles. The van der Waals surface area contributed by atoms with Gasteiger partial charge in [-0.25, -0.2) is 9.78 Å². The monoisotopic (exact) mass is 601 g/mol. The van der Waals surface area contributed by atoms with Crippen LogP contribution in [0.15, 0.2) is 91.3 Å². The standard InChI is InChI=1S/C33H29N3O6.K/c1-3-14-41-33(40)42-19(2)29-27-17-26(30(32(38)39)36(27)31(29)37)21-12-11-20-15-22(18-35-28-10-6-7-13-34-28)23-8-4-5-9-24(23)25(20)16-21;/h3-13,15-16,19,27,29H,1,14,17-18H2,2H3,(H,34,35)(H,38,39);/q;+1/p-1/t19-,27-,29-;/m1./s1. The van der Waals surface area contributed by atoms with Crippen LogP contribution in [0.2, 0.25) is 0 Å². The van der Waals surface area contributed by atoms with Crippen LogP contribution in [0.5, 0.6) is 0 Å². The number of anilines is 1. The van der Waals surface area contributed by atoms with Crippen LogP contribution in [-0.2, 0) is 25.6 Å². The zero-order chi connectivity index (χ0) is 29.4. The maximum Gasteiger partial charge on any atom is 1.00 e. The summed E-state index contributed by atoms with van der Waals surface area (Å²) >= 11 is 0. The van der Waals surface area contributed by atoms with Crippen molar-refractivity contribution in [1.29, 1.82) is 0 Å². The number of carbonyl (C=O) groups is 3. The normalized spacial score (nSPS) is 18.0. The van der Waals surface area contributed by atoms with Gasteiger partial charge in [-0.3, -0.25) is 4.79 Å². The summed E-state index contributed by atoms with van der Waals surface area (Å²) in [6.07, 6.45) is 1.75. The molecule has 1 fully saturated rings. The van der Waals surface area contributed by atoms with Crippen molar-refractivity contribution in [3.8, 4) is 0 Å². The zero-order valence-electron chi connectivity index (χ0n) is 23.9. The number of carbonyl (C=O) groups excluding carboxylic acids is 3. The fourth-order valence-corrected chi connectivity index (χ4v) is 6.05. The van der Waals surface area contributed by atoms with Gasteiger partial charge >= 0.3 is 57.5 Å². The molecule has 3 heterocycles. The molecule has 4 aromatic rings. The maximum atomic E-state index is 13.1. The molecule has 0 unspecified atom stereocenters. The molecule has 0 spiro atoms. The molecule has 212 valence electrons. The molecule has 2 aliphatic heterocycles. The smallest absolute Gasteiger partial charge is 0.543 e. The number of rotatable bonds is 9. The number of carboxylic acid groups (broad SMARTS) is 1. The van der Waals surface area contributed by atoms with Gasteiger partial charge in [-0.05, 0) is 75.9 Å². The molecule has 1 N–H and O–H groups in total. The Morgan fingerprint density at radius 3 is 2.60 bits per heavy atom. The Bertz CT molecular complexity index is 1770. The number of hydrogen-bond acceptors (Lipinski definition) is 8. The quantitative estimate of drug-likeness (QED) is 0.101. The first-order valence-electron chi connectivity index (χ1n) is 13.7. The van der Waals surface area contributed by atoms with Gasteiger partial charge < -0.3 is 29.6 Å². The van der Waals surface area contributed by atoms with Crippen molar-refractivity contribution in [2.45, 2.75) is 32.0 Å². The summed E-state index contributed by atoms with van der Waals surface area (Å²) in [5.41, 5.74) is 2.18. The number of pyridine rings is 1. The van der Waals surface area contributed by atoms with Crippen LogP contribution in [0.4, 0.5) is 10.6 Å². The Kier molecular flexibility index (Phi) is 9.33. The summed E-state index contributed by atoms with van der Waals surface area (Å²) in [6, 6.07) is 21.3. The number of amides is 1. The number of hydrogen-bond donors (Lipinski definition) is 1. The second-order valence-electron chi connectivity index (χ2n) is 10.4. The molecule has 1 aromatic heterocycles. The van der Waals surface area contributed by atoms with Gasteiger partial charge in [0.15, 0.2) is 0 Å². The van der Waals surface area contributed by atoms with Crippen molar-refractivity contribution < 1.29 is 80.3 Å². The third-order valence-electron chi connectivity index (χ3n) is 7.93. The van der Waals surface area contributed by atoms with E-state index in [4.69, 9.17) is 9.47 Å². The number of nitrogens with one attached hydrogen (secondary N) is 1. The third kappa shape index (κ3) is 5.85. The molecule has 10 heteroatoms. The van der Waals surface area contributed by atoms with Crippen LogP contribution in [0.1, 0.15) is 24.5 Å². The molecule has 3 atom stereocenters. The van der Waals surface area contributed by atoms with E-state index >= 15 is 0 Å². The van der Waals surface area contributed by atoms with Crippen molar-refractivity contribution in [2.75, 3.05) is 11.9 Å². The average molecular weight is 602 g/mol. The topological polar surface area (TPSA) is 121 Å². The van der Waals surface area contributed by atoms with E-state index in [1.807, 2.05) is 54.6 Å². The van der Waals surface area contributed by atoms with Crippen LogP contribution < -0.4 is 61.8 Å². The Morgan fingerprint density at radius 1 is 1.12 bits per heavy atom. The molecular weight excluding hydrogens is 573 g/mol. The van der Waals surface area contributed by atoms with Crippen molar-refractivity contribution in [1.82, 2.24) is 9.88 Å². The molecule has 0 radical (unpaired) electrons. The molecule has 2 aliphatic rings. The molecular formula is C33H28KN3O6. The fraction of sp³-hybridized carbons (Fsp3) is 0.212. The van der Waals surface area contributed by atoms with Gasteiger partial charge in [-0.15, -0.1) is 0 Å². The molecule has 0 saturated carbocycles. The minimum Gasteiger partial charge on any atom is -0.543 e. The number of nitrogens with zero attached hydrogens (tertiary/aromatic N) is 2.